The number of aromatic nitrogens is 2. The van der Waals surface area contributed by atoms with Crippen molar-refractivity contribution < 1.29 is 4.74 Å². The van der Waals surface area contributed by atoms with E-state index in [1.807, 2.05) is 6.07 Å². The number of fused-ring (bicyclic) bond motifs is 1. The Balaban J connectivity index is 1.50. The van der Waals surface area contributed by atoms with Crippen LogP contribution >= 0.6 is 15.9 Å². The van der Waals surface area contributed by atoms with E-state index in [4.69, 9.17) is 4.74 Å². The van der Waals surface area contributed by atoms with E-state index in [-0.39, 0.29) is 0 Å². The van der Waals surface area contributed by atoms with Crippen LogP contribution in [0, 0.1) is 5.41 Å². The molecule has 1 N–H and O–H groups in total. The summed E-state index contributed by atoms with van der Waals surface area (Å²) in [6.07, 6.45) is 2.48. The molecule has 2 aromatic rings. The zero-order chi connectivity index (χ0) is 13.6. The zero-order valence-corrected chi connectivity index (χ0v) is 12.9. The second kappa shape index (κ2) is 4.83. The molecular weight excluding hydrogens is 318 g/mol. The molecule has 1 spiro atoms. The molecule has 4 nitrogen and oxygen atoms in total. The molecule has 0 radical (unpaired) electrons. The van der Waals surface area contributed by atoms with Gasteiger partial charge in [0.1, 0.15) is 5.82 Å². The van der Waals surface area contributed by atoms with E-state index in [1.165, 1.54) is 12.8 Å². The van der Waals surface area contributed by atoms with Crippen molar-refractivity contribution in [3.8, 4) is 0 Å². The Morgan fingerprint density at radius 2 is 2.35 bits per heavy atom. The second-order valence-corrected chi connectivity index (χ2v) is 7.02. The van der Waals surface area contributed by atoms with Gasteiger partial charge in [0.2, 0.25) is 0 Å². The molecule has 2 fully saturated rings. The Bertz CT molecular complexity index is 633. The summed E-state index contributed by atoms with van der Waals surface area (Å²) in [4.78, 5) is 10.6. The monoisotopic (exact) mass is 335 g/mol. The highest BCUT2D eigenvalue weighted by Gasteiger charge is 2.41. The van der Waals surface area contributed by atoms with Gasteiger partial charge in [0, 0.05) is 23.0 Å². The molecular formula is C15H18BrN3O. The van der Waals surface area contributed by atoms with Crippen LogP contribution in [0.15, 0.2) is 22.7 Å². The van der Waals surface area contributed by atoms with Crippen LogP contribution in [-0.2, 0) is 11.3 Å². The zero-order valence-electron chi connectivity index (χ0n) is 11.4. The maximum atomic E-state index is 5.59. The number of likely N-dealkylation sites (tertiary alicyclic amines) is 1. The van der Waals surface area contributed by atoms with Gasteiger partial charge in [-0.1, -0.05) is 15.9 Å². The maximum absolute atomic E-state index is 5.59. The fraction of sp³-hybridized carbons (Fsp3) is 0.533. The molecule has 4 rings (SSSR count). The van der Waals surface area contributed by atoms with Gasteiger partial charge < -0.3 is 9.72 Å². The number of aromatic amines is 1. The van der Waals surface area contributed by atoms with E-state index in [0.717, 1.165) is 54.2 Å². The highest BCUT2D eigenvalue weighted by Crippen LogP contribution is 2.38. The molecule has 0 saturated carbocycles. The van der Waals surface area contributed by atoms with Gasteiger partial charge in [-0.2, -0.15) is 0 Å². The predicted molar refractivity (Wildman–Crippen MR) is 81.6 cm³/mol. The first-order chi connectivity index (χ1) is 9.72. The fourth-order valence-corrected chi connectivity index (χ4v) is 3.82. The molecule has 0 amide bonds. The summed E-state index contributed by atoms with van der Waals surface area (Å²) in [5.41, 5.74) is 2.57. The molecule has 1 aromatic heterocycles. The molecule has 0 bridgehead atoms. The number of rotatable bonds is 2. The molecule has 20 heavy (non-hydrogen) atoms. The molecule has 0 unspecified atom stereocenters. The van der Waals surface area contributed by atoms with Gasteiger partial charge in [0.05, 0.1) is 24.2 Å². The van der Waals surface area contributed by atoms with Crippen molar-refractivity contribution in [3.63, 3.8) is 0 Å². The van der Waals surface area contributed by atoms with Crippen molar-refractivity contribution in [2.45, 2.75) is 19.4 Å². The number of nitrogens with zero attached hydrogens (tertiary/aromatic N) is 2. The predicted octanol–water partition coefficient (Wildman–Crippen LogP) is 2.94. The summed E-state index contributed by atoms with van der Waals surface area (Å²) in [7, 11) is 0. The number of ether oxygens (including phenoxy) is 1. The van der Waals surface area contributed by atoms with Crippen LogP contribution in [0.3, 0.4) is 0 Å². The molecule has 0 aliphatic carbocycles. The van der Waals surface area contributed by atoms with Crippen LogP contribution < -0.4 is 0 Å². The van der Waals surface area contributed by atoms with Crippen LogP contribution in [0.25, 0.3) is 11.0 Å². The smallest absolute Gasteiger partial charge is 0.121 e. The van der Waals surface area contributed by atoms with Crippen molar-refractivity contribution >= 4 is 27.0 Å². The Hall–Kier alpha value is -0.910. The van der Waals surface area contributed by atoms with Crippen molar-refractivity contribution in [1.82, 2.24) is 14.9 Å². The number of H-pyrrole nitrogens is 1. The third kappa shape index (κ3) is 2.28. The van der Waals surface area contributed by atoms with Crippen LogP contribution in [0.5, 0.6) is 0 Å². The van der Waals surface area contributed by atoms with E-state index >= 15 is 0 Å². The Kier molecular flexibility index (Phi) is 3.09. The summed E-state index contributed by atoms with van der Waals surface area (Å²) < 4.78 is 6.67. The first kappa shape index (κ1) is 12.8. The van der Waals surface area contributed by atoms with Gasteiger partial charge in [-0.15, -0.1) is 0 Å². The minimum atomic E-state index is 0.426. The molecule has 2 saturated heterocycles. The van der Waals surface area contributed by atoms with Crippen LogP contribution in [0.2, 0.25) is 0 Å². The number of imidazole rings is 1. The van der Waals surface area contributed by atoms with E-state index < -0.39 is 0 Å². The van der Waals surface area contributed by atoms with E-state index in [9.17, 15) is 0 Å². The van der Waals surface area contributed by atoms with Gasteiger partial charge in [-0.05, 0) is 37.6 Å². The van der Waals surface area contributed by atoms with Crippen molar-refractivity contribution in [2.24, 2.45) is 5.41 Å². The van der Waals surface area contributed by atoms with Gasteiger partial charge in [-0.25, -0.2) is 4.98 Å². The summed E-state index contributed by atoms with van der Waals surface area (Å²) in [6, 6.07) is 6.17. The second-order valence-electron chi connectivity index (χ2n) is 6.11. The Morgan fingerprint density at radius 3 is 3.20 bits per heavy atom. The fourth-order valence-electron chi connectivity index (χ4n) is 3.46. The van der Waals surface area contributed by atoms with E-state index in [2.05, 4.69) is 42.9 Å². The normalized spacial score (nSPS) is 27.1. The molecule has 2 aliphatic heterocycles. The van der Waals surface area contributed by atoms with Crippen LogP contribution in [0.4, 0.5) is 0 Å². The van der Waals surface area contributed by atoms with Gasteiger partial charge in [0.15, 0.2) is 0 Å². The first-order valence-corrected chi connectivity index (χ1v) is 7.96. The Labute approximate surface area is 126 Å². The van der Waals surface area contributed by atoms with Crippen molar-refractivity contribution in [2.75, 3.05) is 26.3 Å². The topological polar surface area (TPSA) is 41.2 Å². The maximum Gasteiger partial charge on any atom is 0.121 e. The third-order valence-corrected chi connectivity index (χ3v) is 5.06. The summed E-state index contributed by atoms with van der Waals surface area (Å²) >= 11 is 3.50. The molecule has 1 atom stereocenters. The van der Waals surface area contributed by atoms with E-state index in [0.29, 0.717) is 5.41 Å². The van der Waals surface area contributed by atoms with Crippen LogP contribution in [0.1, 0.15) is 18.7 Å². The Morgan fingerprint density at radius 1 is 1.40 bits per heavy atom. The number of halogens is 1. The minimum Gasteiger partial charge on any atom is -0.381 e. The SMILES string of the molecule is Brc1ccc2nc(CN3CC[C@]4(CCOC4)C3)[nH]c2c1. The van der Waals surface area contributed by atoms with Gasteiger partial charge in [0.25, 0.3) is 0 Å². The minimum absolute atomic E-state index is 0.426. The van der Waals surface area contributed by atoms with Crippen LogP contribution in [-0.4, -0.2) is 41.2 Å². The van der Waals surface area contributed by atoms with Crippen molar-refractivity contribution in [1.29, 1.82) is 0 Å². The number of hydrogen-bond acceptors (Lipinski definition) is 3. The molecule has 3 heterocycles. The summed E-state index contributed by atoms with van der Waals surface area (Å²) in [5.74, 6) is 1.06. The lowest BCUT2D eigenvalue weighted by Gasteiger charge is -2.21. The highest BCUT2D eigenvalue weighted by molar-refractivity contribution is 9.10. The number of nitrogens with one attached hydrogen (secondary N) is 1. The standard InChI is InChI=1S/C15H18BrN3O/c16-11-1-2-12-13(7-11)18-14(17-12)8-19-5-3-15(9-19)4-6-20-10-15/h1-2,7H,3-6,8-10H2,(H,17,18)/t15-/m0/s1. The van der Waals surface area contributed by atoms with Gasteiger partial charge in [-0.3, -0.25) is 4.90 Å². The quantitative estimate of drug-likeness (QED) is 0.917. The lowest BCUT2D eigenvalue weighted by Crippen LogP contribution is -2.27. The lowest BCUT2D eigenvalue weighted by molar-refractivity contribution is 0.151. The molecule has 1 aromatic carbocycles. The third-order valence-electron chi connectivity index (χ3n) is 4.57. The largest absolute Gasteiger partial charge is 0.381 e. The summed E-state index contributed by atoms with van der Waals surface area (Å²) in [6.45, 7) is 5.09. The molecule has 2 aliphatic rings. The summed E-state index contributed by atoms with van der Waals surface area (Å²) in [5, 5.41) is 0. The number of hydrogen-bond donors (Lipinski definition) is 1. The van der Waals surface area contributed by atoms with E-state index in [1.54, 1.807) is 0 Å². The van der Waals surface area contributed by atoms with Crippen molar-refractivity contribution in [3.05, 3.63) is 28.5 Å². The number of benzene rings is 1. The van der Waals surface area contributed by atoms with Gasteiger partial charge >= 0.3 is 0 Å². The average Bonchev–Trinajstić information content (AvgIpc) is 3.12. The first-order valence-electron chi connectivity index (χ1n) is 7.17. The molecule has 106 valence electrons. The lowest BCUT2D eigenvalue weighted by atomic mass is 9.87. The highest BCUT2D eigenvalue weighted by atomic mass is 79.9. The average molecular weight is 336 g/mol. The molecule has 5 heteroatoms.